The number of pyridine rings is 2. The smallest absolute Gasteiger partial charge is 0.261 e. The van der Waals surface area contributed by atoms with E-state index in [1.807, 2.05) is 42.8 Å². The minimum absolute atomic E-state index is 0.0679. The van der Waals surface area contributed by atoms with Gasteiger partial charge in [0.25, 0.3) is 5.56 Å². The maximum Gasteiger partial charge on any atom is 0.261 e. The Balaban J connectivity index is 1.38. The molecule has 0 saturated heterocycles. The van der Waals surface area contributed by atoms with Crippen molar-refractivity contribution in [2.45, 2.75) is 24.3 Å². The summed E-state index contributed by atoms with van der Waals surface area (Å²) in [5.74, 6) is 1.82. The molecule has 10 heteroatoms. The maximum atomic E-state index is 13.0. The molecule has 4 aromatic heterocycles. The summed E-state index contributed by atoms with van der Waals surface area (Å²) in [7, 11) is 3.44. The number of aromatic amines is 1. The molecule has 5 rings (SSSR count). The Kier molecular flexibility index (Phi) is 5.66. The summed E-state index contributed by atoms with van der Waals surface area (Å²) in [6.07, 6.45) is 2.04. The molecule has 172 valence electrons. The van der Waals surface area contributed by atoms with E-state index in [4.69, 9.17) is 4.74 Å². The molecule has 0 bridgehead atoms. The number of aromatic nitrogens is 6. The van der Waals surface area contributed by atoms with Gasteiger partial charge in [-0.25, -0.2) is 4.98 Å². The van der Waals surface area contributed by atoms with Gasteiger partial charge in [-0.1, -0.05) is 17.8 Å². The van der Waals surface area contributed by atoms with E-state index in [2.05, 4.69) is 20.2 Å². The third-order valence-corrected chi connectivity index (χ3v) is 6.81. The Morgan fingerprint density at radius 2 is 1.97 bits per heavy atom. The molecule has 34 heavy (non-hydrogen) atoms. The largest absolute Gasteiger partial charge is 0.497 e. The summed E-state index contributed by atoms with van der Waals surface area (Å²) in [6, 6.07) is 12.4. The van der Waals surface area contributed by atoms with Gasteiger partial charge >= 0.3 is 0 Å². The standard InChI is InChI=1S/C24H22N6O3S/c1-14-17(23(32)30-9-5-4-6-21(30)25-14)12-22-27-28-24(29(22)2)34-13-15-10-20(31)18-11-16(33-3)7-8-19(18)26-15/h4-11H,12-13H2,1-3H3,(H,26,31). The van der Waals surface area contributed by atoms with Crippen LogP contribution >= 0.6 is 11.8 Å². The van der Waals surface area contributed by atoms with E-state index in [1.54, 1.807) is 35.9 Å². The highest BCUT2D eigenvalue weighted by Gasteiger charge is 2.16. The van der Waals surface area contributed by atoms with Crippen molar-refractivity contribution in [2.24, 2.45) is 7.05 Å². The molecular weight excluding hydrogens is 452 g/mol. The van der Waals surface area contributed by atoms with Gasteiger partial charge in [0.2, 0.25) is 0 Å². The fraction of sp³-hybridized carbons (Fsp3) is 0.208. The molecular formula is C24H22N6O3S. The predicted molar refractivity (Wildman–Crippen MR) is 131 cm³/mol. The van der Waals surface area contributed by atoms with Crippen LogP contribution in [-0.2, 0) is 19.2 Å². The van der Waals surface area contributed by atoms with Gasteiger partial charge in [0, 0.05) is 59.3 Å². The zero-order chi connectivity index (χ0) is 23.8. The van der Waals surface area contributed by atoms with E-state index in [0.29, 0.717) is 51.2 Å². The molecule has 0 aliphatic heterocycles. The van der Waals surface area contributed by atoms with Gasteiger partial charge < -0.3 is 14.3 Å². The lowest BCUT2D eigenvalue weighted by Crippen LogP contribution is -2.22. The van der Waals surface area contributed by atoms with Crippen LogP contribution in [0.3, 0.4) is 0 Å². The Hall–Kier alpha value is -3.92. The third-order valence-electron chi connectivity index (χ3n) is 5.74. The van der Waals surface area contributed by atoms with Crippen LogP contribution in [0.5, 0.6) is 5.75 Å². The van der Waals surface area contributed by atoms with Crippen LogP contribution in [0.2, 0.25) is 0 Å². The quantitative estimate of drug-likeness (QED) is 0.377. The van der Waals surface area contributed by atoms with Crippen molar-refractivity contribution in [3.05, 3.63) is 92.0 Å². The van der Waals surface area contributed by atoms with E-state index in [9.17, 15) is 9.59 Å². The van der Waals surface area contributed by atoms with Gasteiger partial charge in [-0.05, 0) is 37.3 Å². The normalized spacial score (nSPS) is 11.4. The van der Waals surface area contributed by atoms with Crippen molar-refractivity contribution in [1.82, 2.24) is 29.1 Å². The third kappa shape index (κ3) is 3.96. The number of aryl methyl sites for hydroxylation is 1. The van der Waals surface area contributed by atoms with E-state index in [1.165, 1.54) is 11.8 Å². The lowest BCUT2D eigenvalue weighted by atomic mass is 10.1. The van der Waals surface area contributed by atoms with E-state index in [-0.39, 0.29) is 11.0 Å². The first-order valence-corrected chi connectivity index (χ1v) is 11.6. The number of thioether (sulfide) groups is 1. The van der Waals surface area contributed by atoms with Gasteiger partial charge in [0.05, 0.1) is 7.11 Å². The van der Waals surface area contributed by atoms with Crippen molar-refractivity contribution in [2.75, 3.05) is 7.11 Å². The highest BCUT2D eigenvalue weighted by Crippen LogP contribution is 2.23. The van der Waals surface area contributed by atoms with Crippen LogP contribution in [0.15, 0.2) is 63.4 Å². The molecule has 0 fully saturated rings. The first-order valence-electron chi connectivity index (χ1n) is 10.6. The van der Waals surface area contributed by atoms with E-state index >= 15 is 0 Å². The molecule has 1 aromatic carbocycles. The van der Waals surface area contributed by atoms with Crippen molar-refractivity contribution in [3.8, 4) is 5.75 Å². The van der Waals surface area contributed by atoms with Crippen molar-refractivity contribution < 1.29 is 4.74 Å². The van der Waals surface area contributed by atoms with Crippen LogP contribution in [0, 0.1) is 6.92 Å². The number of fused-ring (bicyclic) bond motifs is 2. The number of ether oxygens (including phenoxy) is 1. The maximum absolute atomic E-state index is 13.0. The number of rotatable bonds is 6. The monoisotopic (exact) mass is 474 g/mol. The summed E-state index contributed by atoms with van der Waals surface area (Å²) in [5, 5.41) is 9.87. The number of benzene rings is 1. The summed E-state index contributed by atoms with van der Waals surface area (Å²) in [5.41, 5.74) is 3.24. The second kappa shape index (κ2) is 8.79. The Labute approximate surface area is 198 Å². The van der Waals surface area contributed by atoms with Gasteiger partial charge in [-0.15, -0.1) is 10.2 Å². The van der Waals surface area contributed by atoms with Gasteiger partial charge in [-0.2, -0.15) is 0 Å². The molecule has 0 saturated carbocycles. The molecule has 1 N–H and O–H groups in total. The Morgan fingerprint density at radius 1 is 1.12 bits per heavy atom. The summed E-state index contributed by atoms with van der Waals surface area (Å²) in [4.78, 5) is 33.4. The zero-order valence-corrected chi connectivity index (χ0v) is 19.7. The minimum Gasteiger partial charge on any atom is -0.497 e. The molecule has 0 atom stereocenters. The summed E-state index contributed by atoms with van der Waals surface area (Å²) < 4.78 is 8.62. The number of nitrogens with one attached hydrogen (secondary N) is 1. The molecule has 0 radical (unpaired) electrons. The Morgan fingerprint density at radius 3 is 2.79 bits per heavy atom. The molecule has 9 nitrogen and oxygen atoms in total. The number of hydrogen-bond acceptors (Lipinski definition) is 7. The zero-order valence-electron chi connectivity index (χ0n) is 18.9. The number of nitrogens with zero attached hydrogens (tertiary/aromatic N) is 5. The minimum atomic E-state index is -0.106. The van der Waals surface area contributed by atoms with Crippen LogP contribution in [-0.4, -0.2) is 36.2 Å². The van der Waals surface area contributed by atoms with Crippen molar-refractivity contribution in [1.29, 1.82) is 0 Å². The highest BCUT2D eigenvalue weighted by molar-refractivity contribution is 7.98. The average molecular weight is 475 g/mol. The van der Waals surface area contributed by atoms with Gasteiger partial charge in [0.1, 0.15) is 17.2 Å². The number of H-pyrrole nitrogens is 1. The van der Waals surface area contributed by atoms with E-state index in [0.717, 1.165) is 11.2 Å². The lowest BCUT2D eigenvalue weighted by Gasteiger charge is -2.08. The summed E-state index contributed by atoms with van der Waals surface area (Å²) >= 11 is 1.46. The van der Waals surface area contributed by atoms with Crippen LogP contribution in [0.1, 0.15) is 22.8 Å². The predicted octanol–water partition coefficient (Wildman–Crippen LogP) is 2.86. The number of hydrogen-bond donors (Lipinski definition) is 1. The SMILES string of the molecule is COc1ccc2[nH]c(CSc3nnc(Cc4c(C)nc5ccccn5c4=O)n3C)cc(=O)c2c1. The Bertz CT molecular complexity index is 1650. The van der Waals surface area contributed by atoms with Crippen LogP contribution in [0.4, 0.5) is 0 Å². The molecule has 0 spiro atoms. The molecule has 5 aromatic rings. The lowest BCUT2D eigenvalue weighted by molar-refractivity contribution is 0.415. The second-order valence-corrected chi connectivity index (χ2v) is 8.85. The fourth-order valence-electron chi connectivity index (χ4n) is 3.85. The van der Waals surface area contributed by atoms with Crippen molar-refractivity contribution >= 4 is 28.3 Å². The molecule has 0 amide bonds. The van der Waals surface area contributed by atoms with Crippen LogP contribution in [0.25, 0.3) is 16.6 Å². The molecule has 0 aliphatic rings. The molecule has 0 aliphatic carbocycles. The topological polar surface area (TPSA) is 107 Å². The number of methoxy groups -OCH3 is 1. The first kappa shape index (κ1) is 21.9. The highest BCUT2D eigenvalue weighted by atomic mass is 32.2. The molecule has 0 unspecified atom stereocenters. The second-order valence-electron chi connectivity index (χ2n) is 7.90. The van der Waals surface area contributed by atoms with E-state index < -0.39 is 0 Å². The molecule has 4 heterocycles. The fourth-order valence-corrected chi connectivity index (χ4v) is 4.69. The first-order chi connectivity index (χ1) is 16.4. The van der Waals surface area contributed by atoms with Crippen LogP contribution < -0.4 is 15.7 Å². The van der Waals surface area contributed by atoms with Gasteiger partial charge in [0.15, 0.2) is 10.6 Å². The average Bonchev–Trinajstić information content (AvgIpc) is 3.19. The van der Waals surface area contributed by atoms with Gasteiger partial charge in [-0.3, -0.25) is 14.0 Å². The summed E-state index contributed by atoms with van der Waals surface area (Å²) in [6.45, 7) is 1.83. The van der Waals surface area contributed by atoms with Crippen molar-refractivity contribution in [3.63, 3.8) is 0 Å².